The quantitative estimate of drug-likeness (QED) is 0.923. The predicted octanol–water partition coefficient (Wildman–Crippen LogP) is 2.08. The van der Waals surface area contributed by atoms with Crippen molar-refractivity contribution in [3.63, 3.8) is 0 Å². The summed E-state index contributed by atoms with van der Waals surface area (Å²) in [7, 11) is 3.73. The molecule has 0 aromatic heterocycles. The van der Waals surface area contributed by atoms with Crippen molar-refractivity contribution < 1.29 is 18.7 Å². The molecule has 1 fully saturated rings. The molecule has 5 heteroatoms. The van der Waals surface area contributed by atoms with Crippen molar-refractivity contribution in [3.8, 4) is 0 Å². The van der Waals surface area contributed by atoms with Gasteiger partial charge in [0.2, 0.25) is 0 Å². The van der Waals surface area contributed by atoms with Crippen LogP contribution >= 0.6 is 0 Å². The molecule has 110 valence electrons. The number of aliphatic hydroxyl groups is 1. The molecule has 1 aromatic carbocycles. The van der Waals surface area contributed by atoms with Gasteiger partial charge in [-0.2, -0.15) is 0 Å². The average molecular weight is 283 g/mol. The Bertz CT molecular complexity index is 498. The van der Waals surface area contributed by atoms with Crippen LogP contribution in [0.1, 0.15) is 24.8 Å². The number of ketones is 1. The summed E-state index contributed by atoms with van der Waals surface area (Å²) in [6.07, 6.45) is 0.832. The maximum Gasteiger partial charge on any atom is 0.136 e. The monoisotopic (exact) mass is 283 g/mol. The van der Waals surface area contributed by atoms with E-state index in [0.717, 1.165) is 18.2 Å². The topological polar surface area (TPSA) is 40.5 Å². The number of nitrogens with zero attached hydrogens (tertiary/aromatic N) is 1. The summed E-state index contributed by atoms with van der Waals surface area (Å²) in [5.41, 5.74) is -1.35. The van der Waals surface area contributed by atoms with Crippen LogP contribution in [0, 0.1) is 17.6 Å². The van der Waals surface area contributed by atoms with E-state index in [1.165, 1.54) is 0 Å². The van der Waals surface area contributed by atoms with Gasteiger partial charge in [0.05, 0.1) is 0 Å². The highest BCUT2D eigenvalue weighted by Gasteiger charge is 2.44. The number of carbonyl (C=O) groups excluding carboxylic acids is 1. The lowest BCUT2D eigenvalue weighted by atomic mass is 9.70. The molecular weight excluding hydrogens is 264 g/mol. The fraction of sp³-hybridized carbons (Fsp3) is 0.533. The van der Waals surface area contributed by atoms with Crippen molar-refractivity contribution in [2.24, 2.45) is 5.92 Å². The van der Waals surface area contributed by atoms with E-state index in [1.54, 1.807) is 0 Å². The van der Waals surface area contributed by atoms with Crippen molar-refractivity contribution >= 4 is 5.78 Å². The predicted molar refractivity (Wildman–Crippen MR) is 71.2 cm³/mol. The zero-order valence-corrected chi connectivity index (χ0v) is 11.7. The van der Waals surface area contributed by atoms with E-state index in [0.29, 0.717) is 19.4 Å². The normalized spacial score (nSPS) is 27.1. The largest absolute Gasteiger partial charge is 0.384 e. The van der Waals surface area contributed by atoms with Crippen LogP contribution in [0.3, 0.4) is 0 Å². The molecule has 3 nitrogen and oxygen atoms in total. The number of hydrogen-bond acceptors (Lipinski definition) is 3. The number of benzene rings is 1. The molecule has 0 aliphatic heterocycles. The first-order valence-electron chi connectivity index (χ1n) is 6.66. The van der Waals surface area contributed by atoms with E-state index >= 15 is 0 Å². The van der Waals surface area contributed by atoms with Crippen molar-refractivity contribution in [1.82, 2.24) is 4.90 Å². The summed E-state index contributed by atoms with van der Waals surface area (Å²) in [5, 5.41) is 10.9. The van der Waals surface area contributed by atoms with Gasteiger partial charge in [-0.1, -0.05) is 0 Å². The fourth-order valence-electron chi connectivity index (χ4n) is 2.93. The van der Waals surface area contributed by atoms with Gasteiger partial charge < -0.3 is 10.0 Å². The molecule has 2 atom stereocenters. The van der Waals surface area contributed by atoms with Gasteiger partial charge in [0, 0.05) is 31.4 Å². The minimum Gasteiger partial charge on any atom is -0.384 e. The summed E-state index contributed by atoms with van der Waals surface area (Å²) in [5.74, 6) is -1.78. The van der Waals surface area contributed by atoms with Crippen molar-refractivity contribution in [2.75, 3.05) is 20.6 Å². The number of carbonyl (C=O) groups is 1. The van der Waals surface area contributed by atoms with E-state index in [1.807, 2.05) is 19.0 Å². The Morgan fingerprint density at radius 1 is 1.30 bits per heavy atom. The smallest absolute Gasteiger partial charge is 0.136 e. The molecule has 0 heterocycles. The second kappa shape index (κ2) is 5.58. The Morgan fingerprint density at radius 3 is 2.45 bits per heavy atom. The third kappa shape index (κ3) is 3.04. The third-order valence-electron chi connectivity index (χ3n) is 3.86. The van der Waals surface area contributed by atoms with Crippen molar-refractivity contribution in [1.29, 1.82) is 0 Å². The second-order valence-corrected chi connectivity index (χ2v) is 5.80. The number of halogens is 2. The average Bonchev–Trinajstić information content (AvgIpc) is 2.31. The second-order valence-electron chi connectivity index (χ2n) is 5.80. The third-order valence-corrected chi connectivity index (χ3v) is 3.86. The van der Waals surface area contributed by atoms with E-state index in [4.69, 9.17) is 0 Å². The van der Waals surface area contributed by atoms with Crippen LogP contribution in [-0.4, -0.2) is 36.4 Å². The molecule has 2 rings (SSSR count). The summed E-state index contributed by atoms with van der Waals surface area (Å²) in [6, 6.07) is 2.99. The zero-order valence-electron chi connectivity index (χ0n) is 11.7. The molecular formula is C15H19F2NO2. The van der Waals surface area contributed by atoms with Crippen LogP contribution in [0.15, 0.2) is 18.2 Å². The molecule has 0 bridgehead atoms. The maximum absolute atomic E-state index is 13.4. The van der Waals surface area contributed by atoms with Gasteiger partial charge in [-0.05, 0) is 38.2 Å². The van der Waals surface area contributed by atoms with Gasteiger partial charge in [-0.15, -0.1) is 0 Å². The lowest BCUT2D eigenvalue weighted by Gasteiger charge is -2.41. The molecule has 0 spiro atoms. The van der Waals surface area contributed by atoms with Crippen LogP contribution in [0.4, 0.5) is 8.78 Å². The van der Waals surface area contributed by atoms with Gasteiger partial charge in [0.1, 0.15) is 23.0 Å². The van der Waals surface area contributed by atoms with Gasteiger partial charge in [0.15, 0.2) is 0 Å². The molecule has 0 amide bonds. The maximum atomic E-state index is 13.4. The van der Waals surface area contributed by atoms with Gasteiger partial charge in [-0.3, -0.25) is 4.79 Å². The van der Waals surface area contributed by atoms with Crippen LogP contribution in [0.5, 0.6) is 0 Å². The minimum atomic E-state index is -1.50. The van der Waals surface area contributed by atoms with Crippen LogP contribution in [-0.2, 0) is 10.4 Å². The van der Waals surface area contributed by atoms with Crippen LogP contribution < -0.4 is 0 Å². The van der Waals surface area contributed by atoms with Crippen LogP contribution in [0.25, 0.3) is 0 Å². The Kier molecular flexibility index (Phi) is 4.20. The number of hydrogen-bond donors (Lipinski definition) is 1. The molecule has 1 aliphatic rings. The standard InChI is InChI=1S/C15H19F2NO2/c1-18(2)9-10-3-4-14(19)8-15(10,20)11-5-12(16)7-13(17)6-11/h5-7,10,20H,3-4,8-9H2,1-2H3. The van der Waals surface area contributed by atoms with E-state index < -0.39 is 17.2 Å². The summed E-state index contributed by atoms with van der Waals surface area (Å²) in [6.45, 7) is 0.557. The number of rotatable bonds is 3. The zero-order chi connectivity index (χ0) is 14.9. The van der Waals surface area contributed by atoms with Gasteiger partial charge in [-0.25, -0.2) is 8.78 Å². The first-order chi connectivity index (χ1) is 9.31. The Labute approximate surface area is 117 Å². The molecule has 1 N–H and O–H groups in total. The molecule has 1 saturated carbocycles. The van der Waals surface area contributed by atoms with Gasteiger partial charge in [0.25, 0.3) is 0 Å². The van der Waals surface area contributed by atoms with Crippen molar-refractivity contribution in [3.05, 3.63) is 35.4 Å². The highest BCUT2D eigenvalue weighted by Crippen LogP contribution is 2.41. The lowest BCUT2D eigenvalue weighted by Crippen LogP contribution is -2.45. The molecule has 2 unspecified atom stereocenters. The van der Waals surface area contributed by atoms with E-state index in [2.05, 4.69) is 0 Å². The highest BCUT2D eigenvalue weighted by atomic mass is 19.1. The molecule has 0 radical (unpaired) electrons. The summed E-state index contributed by atoms with van der Waals surface area (Å²) < 4.78 is 26.8. The Balaban J connectivity index is 2.41. The van der Waals surface area contributed by atoms with Crippen LogP contribution in [0.2, 0.25) is 0 Å². The number of Topliss-reactive ketones (excluding diaryl/α,β-unsaturated/α-hetero) is 1. The van der Waals surface area contributed by atoms with E-state index in [9.17, 15) is 18.7 Å². The minimum absolute atomic E-state index is 0.0767. The fourth-order valence-corrected chi connectivity index (χ4v) is 2.93. The van der Waals surface area contributed by atoms with E-state index in [-0.39, 0.29) is 23.7 Å². The first kappa shape index (κ1) is 15.1. The summed E-state index contributed by atoms with van der Waals surface area (Å²) in [4.78, 5) is 13.6. The lowest BCUT2D eigenvalue weighted by molar-refractivity contribution is -0.135. The molecule has 1 aliphatic carbocycles. The first-order valence-corrected chi connectivity index (χ1v) is 6.66. The summed E-state index contributed by atoms with van der Waals surface area (Å²) >= 11 is 0. The van der Waals surface area contributed by atoms with Crippen molar-refractivity contribution in [2.45, 2.75) is 24.9 Å². The SMILES string of the molecule is CN(C)CC1CCC(=O)CC1(O)c1cc(F)cc(F)c1. The molecule has 1 aromatic rings. The highest BCUT2D eigenvalue weighted by molar-refractivity contribution is 5.80. The molecule has 20 heavy (non-hydrogen) atoms. The Morgan fingerprint density at radius 2 is 1.90 bits per heavy atom. The van der Waals surface area contributed by atoms with Gasteiger partial charge >= 0.3 is 0 Å². The Hall–Kier alpha value is -1.33. The molecule has 0 saturated heterocycles.